The average Bonchev–Trinajstić information content (AvgIpc) is 2.46. The second-order valence-corrected chi connectivity index (χ2v) is 5.11. The number of rotatable bonds is 3. The molecule has 0 atom stereocenters. The number of nitrogens with two attached hydrogens (primary N) is 1. The van der Waals surface area contributed by atoms with Crippen LogP contribution in [0.2, 0.25) is 0 Å². The van der Waals surface area contributed by atoms with E-state index in [9.17, 15) is 0 Å². The molecular weight excluding hydrogens is 264 g/mol. The standard InChI is InChI=1S/C16H16N4O/c1-10(2)16-19-14(17)8-15(20-16)21-12-7-11-5-3-4-6-13(11)18-9-12/h3-10H,1-2H3,(H2,17,19,20). The maximum Gasteiger partial charge on any atom is 0.224 e. The summed E-state index contributed by atoms with van der Waals surface area (Å²) >= 11 is 0. The molecule has 0 radical (unpaired) electrons. The predicted molar refractivity (Wildman–Crippen MR) is 82.4 cm³/mol. The summed E-state index contributed by atoms with van der Waals surface area (Å²) in [4.78, 5) is 12.9. The molecule has 0 bridgehead atoms. The van der Waals surface area contributed by atoms with Crippen LogP contribution >= 0.6 is 0 Å². The van der Waals surface area contributed by atoms with Gasteiger partial charge in [-0.05, 0) is 12.1 Å². The van der Waals surface area contributed by atoms with Crippen molar-refractivity contribution < 1.29 is 4.74 Å². The summed E-state index contributed by atoms with van der Waals surface area (Å²) in [6.07, 6.45) is 1.68. The fraction of sp³-hybridized carbons (Fsp3) is 0.188. The molecule has 5 heteroatoms. The smallest absolute Gasteiger partial charge is 0.224 e. The maximum atomic E-state index is 5.79. The Morgan fingerprint density at radius 2 is 1.90 bits per heavy atom. The normalized spacial score (nSPS) is 11.0. The van der Waals surface area contributed by atoms with E-state index in [1.807, 2.05) is 44.2 Å². The van der Waals surface area contributed by atoms with Gasteiger partial charge in [-0.1, -0.05) is 32.0 Å². The van der Waals surface area contributed by atoms with E-state index in [2.05, 4.69) is 15.0 Å². The van der Waals surface area contributed by atoms with Crippen LogP contribution in [0.25, 0.3) is 10.9 Å². The van der Waals surface area contributed by atoms with Crippen LogP contribution in [-0.2, 0) is 0 Å². The van der Waals surface area contributed by atoms with Gasteiger partial charge in [0.05, 0.1) is 11.7 Å². The Morgan fingerprint density at radius 3 is 2.71 bits per heavy atom. The first kappa shape index (κ1) is 13.3. The fourth-order valence-corrected chi connectivity index (χ4v) is 2.00. The first-order chi connectivity index (χ1) is 10.1. The number of hydrogen-bond acceptors (Lipinski definition) is 5. The SMILES string of the molecule is CC(C)c1nc(N)cc(Oc2cnc3ccccc3c2)n1. The monoisotopic (exact) mass is 280 g/mol. The van der Waals surface area contributed by atoms with Gasteiger partial charge >= 0.3 is 0 Å². The number of ether oxygens (including phenoxy) is 1. The van der Waals surface area contributed by atoms with Gasteiger partial charge in [0.2, 0.25) is 5.88 Å². The molecule has 0 spiro atoms. The van der Waals surface area contributed by atoms with E-state index in [1.54, 1.807) is 12.3 Å². The number of nitrogens with zero attached hydrogens (tertiary/aromatic N) is 3. The van der Waals surface area contributed by atoms with Crippen molar-refractivity contribution in [3.8, 4) is 11.6 Å². The van der Waals surface area contributed by atoms with Crippen LogP contribution < -0.4 is 10.5 Å². The number of benzene rings is 1. The highest BCUT2D eigenvalue weighted by atomic mass is 16.5. The molecule has 0 unspecified atom stereocenters. The van der Waals surface area contributed by atoms with Crippen molar-refractivity contribution >= 4 is 16.7 Å². The van der Waals surface area contributed by atoms with Gasteiger partial charge in [0, 0.05) is 17.4 Å². The molecule has 106 valence electrons. The number of hydrogen-bond donors (Lipinski definition) is 1. The Balaban J connectivity index is 1.94. The highest BCUT2D eigenvalue weighted by Crippen LogP contribution is 2.24. The van der Waals surface area contributed by atoms with E-state index in [1.165, 1.54) is 0 Å². The van der Waals surface area contributed by atoms with E-state index < -0.39 is 0 Å². The summed E-state index contributed by atoms with van der Waals surface area (Å²) in [5.74, 6) is 2.31. The zero-order valence-electron chi connectivity index (χ0n) is 11.9. The summed E-state index contributed by atoms with van der Waals surface area (Å²) < 4.78 is 5.76. The van der Waals surface area contributed by atoms with Crippen LogP contribution in [0.4, 0.5) is 5.82 Å². The Hall–Kier alpha value is -2.69. The van der Waals surface area contributed by atoms with Crippen LogP contribution in [0.5, 0.6) is 11.6 Å². The Labute approximate surface area is 122 Å². The summed E-state index contributed by atoms with van der Waals surface area (Å²) in [5, 5.41) is 1.01. The number of nitrogen functional groups attached to an aromatic ring is 1. The molecule has 0 aliphatic heterocycles. The molecule has 0 aliphatic carbocycles. The Kier molecular flexibility index (Phi) is 3.39. The molecule has 1 aromatic carbocycles. The van der Waals surface area contributed by atoms with Crippen molar-refractivity contribution in [1.29, 1.82) is 0 Å². The van der Waals surface area contributed by atoms with Crippen molar-refractivity contribution in [2.75, 3.05) is 5.73 Å². The molecule has 0 amide bonds. The van der Waals surface area contributed by atoms with Gasteiger partial charge in [-0.3, -0.25) is 4.98 Å². The minimum absolute atomic E-state index is 0.186. The van der Waals surface area contributed by atoms with Crippen LogP contribution in [0.1, 0.15) is 25.6 Å². The largest absolute Gasteiger partial charge is 0.437 e. The van der Waals surface area contributed by atoms with Gasteiger partial charge in [-0.2, -0.15) is 4.98 Å². The molecule has 0 saturated heterocycles. The second-order valence-electron chi connectivity index (χ2n) is 5.11. The number of aromatic nitrogens is 3. The summed E-state index contributed by atoms with van der Waals surface area (Å²) in [5.41, 5.74) is 6.72. The van der Waals surface area contributed by atoms with Crippen LogP contribution in [0.15, 0.2) is 42.6 Å². The first-order valence-corrected chi connectivity index (χ1v) is 6.79. The number of pyridine rings is 1. The van der Waals surface area contributed by atoms with E-state index >= 15 is 0 Å². The van der Waals surface area contributed by atoms with Gasteiger partial charge < -0.3 is 10.5 Å². The van der Waals surface area contributed by atoms with Crippen LogP contribution in [0, 0.1) is 0 Å². The molecule has 0 aliphatic rings. The zero-order chi connectivity index (χ0) is 14.8. The van der Waals surface area contributed by atoms with Crippen LogP contribution in [0.3, 0.4) is 0 Å². The van der Waals surface area contributed by atoms with Crippen molar-refractivity contribution in [3.63, 3.8) is 0 Å². The maximum absolute atomic E-state index is 5.79. The summed E-state index contributed by atoms with van der Waals surface area (Å²) in [6.45, 7) is 4.02. The minimum Gasteiger partial charge on any atom is -0.437 e. The second kappa shape index (κ2) is 5.36. The van der Waals surface area contributed by atoms with Crippen molar-refractivity contribution in [1.82, 2.24) is 15.0 Å². The van der Waals surface area contributed by atoms with Crippen molar-refractivity contribution in [3.05, 3.63) is 48.4 Å². The lowest BCUT2D eigenvalue weighted by Crippen LogP contribution is -2.03. The van der Waals surface area contributed by atoms with E-state index in [0.29, 0.717) is 23.3 Å². The number of anilines is 1. The predicted octanol–water partition coefficient (Wildman–Crippen LogP) is 3.52. The highest BCUT2D eigenvalue weighted by Gasteiger charge is 2.08. The molecule has 2 aromatic heterocycles. The van der Waals surface area contributed by atoms with Crippen LogP contribution in [-0.4, -0.2) is 15.0 Å². The van der Waals surface area contributed by atoms with Crippen molar-refractivity contribution in [2.24, 2.45) is 0 Å². The summed E-state index contributed by atoms with van der Waals surface area (Å²) in [7, 11) is 0. The molecule has 3 aromatic rings. The average molecular weight is 280 g/mol. The Bertz CT molecular complexity index is 786. The third-order valence-electron chi connectivity index (χ3n) is 3.04. The zero-order valence-corrected chi connectivity index (χ0v) is 11.9. The minimum atomic E-state index is 0.186. The lowest BCUT2D eigenvalue weighted by Gasteiger charge is -2.09. The van der Waals surface area contributed by atoms with Crippen molar-refractivity contribution in [2.45, 2.75) is 19.8 Å². The molecule has 0 fully saturated rings. The molecule has 2 heterocycles. The van der Waals surface area contributed by atoms with Gasteiger partial charge in [-0.25, -0.2) is 4.98 Å². The molecule has 3 rings (SSSR count). The molecule has 5 nitrogen and oxygen atoms in total. The number of para-hydroxylation sites is 1. The lowest BCUT2D eigenvalue weighted by atomic mass is 10.2. The molecule has 0 saturated carbocycles. The van der Waals surface area contributed by atoms with E-state index in [-0.39, 0.29) is 5.92 Å². The third-order valence-corrected chi connectivity index (χ3v) is 3.04. The molecule has 21 heavy (non-hydrogen) atoms. The van der Waals surface area contributed by atoms with E-state index in [0.717, 1.165) is 10.9 Å². The third kappa shape index (κ3) is 2.91. The Morgan fingerprint density at radius 1 is 1.10 bits per heavy atom. The van der Waals surface area contributed by atoms with E-state index in [4.69, 9.17) is 10.5 Å². The fourth-order valence-electron chi connectivity index (χ4n) is 2.00. The molecular formula is C16H16N4O. The van der Waals surface area contributed by atoms with Gasteiger partial charge in [0.15, 0.2) is 0 Å². The highest BCUT2D eigenvalue weighted by molar-refractivity contribution is 5.79. The van der Waals surface area contributed by atoms with Gasteiger partial charge in [0.1, 0.15) is 17.4 Å². The lowest BCUT2D eigenvalue weighted by molar-refractivity contribution is 0.456. The first-order valence-electron chi connectivity index (χ1n) is 6.79. The van der Waals surface area contributed by atoms with Gasteiger partial charge in [-0.15, -0.1) is 0 Å². The number of fused-ring (bicyclic) bond motifs is 1. The molecule has 2 N–H and O–H groups in total. The quantitative estimate of drug-likeness (QED) is 0.794. The topological polar surface area (TPSA) is 73.9 Å². The van der Waals surface area contributed by atoms with Gasteiger partial charge in [0.25, 0.3) is 0 Å². The summed E-state index contributed by atoms with van der Waals surface area (Å²) in [6, 6.07) is 11.4.